The molecule has 0 radical (unpaired) electrons. The highest BCUT2D eigenvalue weighted by atomic mass is 35.5. The predicted octanol–water partition coefficient (Wildman–Crippen LogP) is 3.43. The van der Waals surface area contributed by atoms with E-state index in [1.54, 1.807) is 24.3 Å². The molecule has 1 aromatic heterocycles. The molecule has 18 heavy (non-hydrogen) atoms. The Labute approximate surface area is 113 Å². The van der Waals surface area contributed by atoms with Crippen molar-refractivity contribution >= 4 is 40.9 Å². The van der Waals surface area contributed by atoms with Crippen molar-refractivity contribution in [2.24, 2.45) is 0 Å². The number of carbonyl (C=O) groups excluding carboxylic acids is 1. The minimum absolute atomic E-state index is 0.202. The number of rotatable bonds is 2. The van der Waals surface area contributed by atoms with E-state index in [1.807, 2.05) is 0 Å². The SMILES string of the molecule is O=C(Nc1ncccn1)Nc1cccc(Cl)c1Cl. The molecule has 2 amide bonds. The van der Waals surface area contributed by atoms with Crippen LogP contribution in [-0.2, 0) is 0 Å². The molecule has 1 aromatic carbocycles. The molecule has 5 nitrogen and oxygen atoms in total. The van der Waals surface area contributed by atoms with Gasteiger partial charge in [-0.15, -0.1) is 0 Å². The van der Waals surface area contributed by atoms with Crippen molar-refractivity contribution in [2.45, 2.75) is 0 Å². The van der Waals surface area contributed by atoms with Crippen LogP contribution in [0, 0.1) is 0 Å². The number of urea groups is 1. The number of anilines is 2. The van der Waals surface area contributed by atoms with Gasteiger partial charge in [0.15, 0.2) is 0 Å². The van der Waals surface area contributed by atoms with E-state index in [2.05, 4.69) is 20.6 Å². The first-order valence-corrected chi connectivity index (χ1v) is 5.71. The van der Waals surface area contributed by atoms with Gasteiger partial charge in [0.2, 0.25) is 5.95 Å². The highest BCUT2D eigenvalue weighted by Crippen LogP contribution is 2.29. The van der Waals surface area contributed by atoms with Crippen molar-refractivity contribution in [3.63, 3.8) is 0 Å². The number of carbonyl (C=O) groups is 1. The molecule has 0 aliphatic rings. The molecule has 0 bridgehead atoms. The van der Waals surface area contributed by atoms with Crippen molar-refractivity contribution in [3.05, 3.63) is 46.7 Å². The van der Waals surface area contributed by atoms with Crippen LogP contribution >= 0.6 is 23.2 Å². The molecule has 7 heteroatoms. The predicted molar refractivity (Wildman–Crippen MR) is 71.1 cm³/mol. The van der Waals surface area contributed by atoms with Gasteiger partial charge in [0.25, 0.3) is 0 Å². The van der Waals surface area contributed by atoms with Gasteiger partial charge in [-0.25, -0.2) is 14.8 Å². The summed E-state index contributed by atoms with van der Waals surface area (Å²) in [5.74, 6) is 0.202. The van der Waals surface area contributed by atoms with E-state index in [-0.39, 0.29) is 11.0 Å². The number of nitrogens with one attached hydrogen (secondary N) is 2. The third-order valence-corrected chi connectivity index (χ3v) is 2.81. The molecule has 0 unspecified atom stereocenters. The van der Waals surface area contributed by atoms with Gasteiger partial charge in [0.1, 0.15) is 0 Å². The summed E-state index contributed by atoms with van der Waals surface area (Å²) in [4.78, 5) is 19.4. The summed E-state index contributed by atoms with van der Waals surface area (Å²) in [6.07, 6.45) is 3.05. The average molecular weight is 283 g/mol. The number of hydrogen-bond acceptors (Lipinski definition) is 3. The summed E-state index contributed by atoms with van der Waals surface area (Å²) in [7, 11) is 0. The van der Waals surface area contributed by atoms with Crippen LogP contribution < -0.4 is 10.6 Å². The van der Waals surface area contributed by atoms with Crippen LogP contribution in [0.25, 0.3) is 0 Å². The lowest BCUT2D eigenvalue weighted by atomic mass is 10.3. The molecule has 2 N–H and O–H groups in total. The maximum Gasteiger partial charge on any atom is 0.326 e. The van der Waals surface area contributed by atoms with Crippen molar-refractivity contribution in [3.8, 4) is 0 Å². The molecule has 2 rings (SSSR count). The van der Waals surface area contributed by atoms with Gasteiger partial charge >= 0.3 is 6.03 Å². The Balaban J connectivity index is 2.06. The summed E-state index contributed by atoms with van der Waals surface area (Å²) in [5, 5.41) is 5.66. The molecule has 2 aromatic rings. The Morgan fingerprint density at radius 2 is 1.78 bits per heavy atom. The number of nitrogens with zero attached hydrogens (tertiary/aromatic N) is 2. The first-order valence-electron chi connectivity index (χ1n) is 4.96. The molecule has 0 spiro atoms. The van der Waals surface area contributed by atoms with E-state index in [4.69, 9.17) is 23.2 Å². The maximum absolute atomic E-state index is 11.6. The second kappa shape index (κ2) is 5.66. The zero-order valence-corrected chi connectivity index (χ0v) is 10.5. The number of halogens is 2. The highest BCUT2D eigenvalue weighted by Gasteiger charge is 2.08. The first-order chi connectivity index (χ1) is 8.66. The highest BCUT2D eigenvalue weighted by molar-refractivity contribution is 6.44. The summed E-state index contributed by atoms with van der Waals surface area (Å²) in [5.41, 5.74) is 0.414. The van der Waals surface area contributed by atoms with E-state index in [0.717, 1.165) is 0 Å². The third-order valence-electron chi connectivity index (χ3n) is 1.99. The van der Waals surface area contributed by atoms with Gasteiger partial charge in [0, 0.05) is 12.4 Å². The normalized spacial score (nSPS) is 9.89. The Kier molecular flexibility index (Phi) is 3.96. The lowest BCUT2D eigenvalue weighted by molar-refractivity contribution is 0.262. The molecular formula is C11H8Cl2N4O. The zero-order valence-electron chi connectivity index (χ0n) is 9.02. The maximum atomic E-state index is 11.6. The van der Waals surface area contributed by atoms with Crippen molar-refractivity contribution in [2.75, 3.05) is 10.6 Å². The third kappa shape index (κ3) is 3.09. The van der Waals surface area contributed by atoms with Gasteiger partial charge in [0.05, 0.1) is 15.7 Å². The van der Waals surface area contributed by atoms with Gasteiger partial charge in [-0.05, 0) is 18.2 Å². The van der Waals surface area contributed by atoms with E-state index < -0.39 is 6.03 Å². The van der Waals surface area contributed by atoms with Gasteiger partial charge < -0.3 is 5.32 Å². The molecule has 0 aliphatic heterocycles. The lowest BCUT2D eigenvalue weighted by Crippen LogP contribution is -2.20. The zero-order chi connectivity index (χ0) is 13.0. The van der Waals surface area contributed by atoms with Crippen LogP contribution in [0.2, 0.25) is 10.0 Å². The summed E-state index contributed by atoms with van der Waals surface area (Å²) in [6, 6.07) is 6.11. The molecule has 0 fully saturated rings. The first kappa shape index (κ1) is 12.6. The van der Waals surface area contributed by atoms with Crippen LogP contribution in [0.3, 0.4) is 0 Å². The topological polar surface area (TPSA) is 66.9 Å². The fraction of sp³-hybridized carbons (Fsp3) is 0. The summed E-state index contributed by atoms with van der Waals surface area (Å²) < 4.78 is 0. The number of aromatic nitrogens is 2. The van der Waals surface area contributed by atoms with Gasteiger partial charge in [-0.1, -0.05) is 29.3 Å². The van der Waals surface area contributed by atoms with Crippen LogP contribution in [0.1, 0.15) is 0 Å². The summed E-state index contributed by atoms with van der Waals surface area (Å²) >= 11 is 11.8. The van der Waals surface area contributed by atoms with Crippen molar-refractivity contribution in [1.29, 1.82) is 0 Å². The van der Waals surface area contributed by atoms with E-state index in [9.17, 15) is 4.79 Å². The Morgan fingerprint density at radius 1 is 1.06 bits per heavy atom. The number of amides is 2. The smallest absolute Gasteiger partial charge is 0.306 e. The largest absolute Gasteiger partial charge is 0.326 e. The van der Waals surface area contributed by atoms with Crippen LogP contribution in [-0.4, -0.2) is 16.0 Å². The fourth-order valence-electron chi connectivity index (χ4n) is 1.22. The average Bonchev–Trinajstić information content (AvgIpc) is 2.36. The standard InChI is InChI=1S/C11H8Cl2N4O/c12-7-3-1-4-8(9(7)13)16-11(18)17-10-14-5-2-6-15-10/h1-6H,(H2,14,15,16,17,18). The minimum atomic E-state index is -0.495. The molecule has 0 aliphatic carbocycles. The van der Waals surface area contributed by atoms with Crippen LogP contribution in [0.5, 0.6) is 0 Å². The molecular weight excluding hydrogens is 275 g/mol. The number of hydrogen-bond donors (Lipinski definition) is 2. The monoisotopic (exact) mass is 282 g/mol. The molecule has 0 saturated heterocycles. The van der Waals surface area contributed by atoms with E-state index >= 15 is 0 Å². The second-order valence-electron chi connectivity index (χ2n) is 3.25. The molecule has 0 atom stereocenters. The second-order valence-corrected chi connectivity index (χ2v) is 4.04. The lowest BCUT2D eigenvalue weighted by Gasteiger charge is -2.08. The molecule has 0 saturated carbocycles. The molecule has 1 heterocycles. The van der Waals surface area contributed by atoms with Crippen LogP contribution in [0.4, 0.5) is 16.4 Å². The number of benzene rings is 1. The summed E-state index contributed by atoms with van der Waals surface area (Å²) in [6.45, 7) is 0. The quantitative estimate of drug-likeness (QED) is 0.887. The van der Waals surface area contributed by atoms with Gasteiger partial charge in [-0.2, -0.15) is 0 Å². The van der Waals surface area contributed by atoms with E-state index in [0.29, 0.717) is 10.7 Å². The van der Waals surface area contributed by atoms with Crippen molar-refractivity contribution < 1.29 is 4.79 Å². The Hall–Kier alpha value is -1.85. The van der Waals surface area contributed by atoms with E-state index in [1.165, 1.54) is 12.4 Å². The van der Waals surface area contributed by atoms with Crippen molar-refractivity contribution in [1.82, 2.24) is 9.97 Å². The van der Waals surface area contributed by atoms with Crippen LogP contribution in [0.15, 0.2) is 36.7 Å². The fourth-order valence-corrected chi connectivity index (χ4v) is 1.57. The Bertz CT molecular complexity index is 562. The molecule has 92 valence electrons. The Morgan fingerprint density at radius 3 is 2.50 bits per heavy atom. The minimum Gasteiger partial charge on any atom is -0.306 e. The van der Waals surface area contributed by atoms with Gasteiger partial charge in [-0.3, -0.25) is 5.32 Å².